The molecule has 0 radical (unpaired) electrons. The Hall–Kier alpha value is -1.44. The van der Waals surface area contributed by atoms with Crippen molar-refractivity contribution in [3.63, 3.8) is 0 Å². The lowest BCUT2D eigenvalue weighted by Crippen LogP contribution is -2.67. The Morgan fingerprint density at radius 3 is 0.947 bits per heavy atom. The largest absolute Gasteiger partial charge is 0.416 e. The highest BCUT2D eigenvalue weighted by atomic mass is 28.5. The molecule has 1 fully saturated rings. The van der Waals surface area contributed by atoms with Gasteiger partial charge in [-0.05, 0) is 101 Å². The quantitative estimate of drug-likeness (QED) is 0.0581. The lowest BCUT2D eigenvalue weighted by atomic mass is 10.4. The van der Waals surface area contributed by atoms with Crippen molar-refractivity contribution < 1.29 is 34.2 Å². The molecule has 1 aliphatic rings. The first kappa shape index (κ1) is 51.7. The molecule has 0 amide bonds. The van der Waals surface area contributed by atoms with E-state index in [1.165, 1.54) is 0 Å². The van der Waals surface area contributed by atoms with Crippen LogP contribution in [-0.4, -0.2) is 93.9 Å². The second-order valence-electron chi connectivity index (χ2n) is 16.1. The number of rotatable bonds is 29. The molecule has 1 aliphatic heterocycles. The molecule has 0 aromatic heterocycles. The van der Waals surface area contributed by atoms with Gasteiger partial charge in [0.2, 0.25) is 25.0 Å². The van der Waals surface area contributed by atoms with Crippen LogP contribution in [-0.2, 0) is 34.2 Å². The second-order valence-corrected chi connectivity index (χ2v) is 44.1. The molecule has 318 valence electrons. The van der Waals surface area contributed by atoms with Gasteiger partial charge in [0.25, 0.3) is 8.32 Å². The van der Waals surface area contributed by atoms with E-state index in [2.05, 4.69) is 111 Å². The summed E-state index contributed by atoms with van der Waals surface area (Å²) >= 11 is 0. The van der Waals surface area contributed by atoms with Gasteiger partial charge in [-0.2, -0.15) is 0 Å². The average Bonchev–Trinajstić information content (AvgIpc) is 3.19. The smallest absolute Gasteiger partial charge is 0.317 e. The molecule has 1 aromatic rings. The minimum absolute atomic E-state index is 0.525. The van der Waals surface area contributed by atoms with Crippen molar-refractivity contribution in [2.45, 2.75) is 95.7 Å². The summed E-state index contributed by atoms with van der Waals surface area (Å²) in [6, 6.07) is 13.2. The monoisotopic (exact) mass is 918 g/mol. The zero-order chi connectivity index (χ0) is 42.9. The van der Waals surface area contributed by atoms with E-state index in [1.54, 1.807) is 0 Å². The van der Waals surface area contributed by atoms with Gasteiger partial charge in [-0.3, -0.25) is 0 Å². The van der Waals surface area contributed by atoms with Gasteiger partial charge in [0.1, 0.15) is 0 Å². The predicted molar refractivity (Wildman–Crippen MR) is 261 cm³/mol. The van der Waals surface area contributed by atoms with Gasteiger partial charge >= 0.3 is 34.2 Å². The van der Waals surface area contributed by atoms with Crippen LogP contribution in [0.15, 0.2) is 129 Å². The molecule has 57 heavy (non-hydrogen) atoms. The van der Waals surface area contributed by atoms with Crippen molar-refractivity contribution >= 4 is 72.7 Å². The molecule has 2 unspecified atom stereocenters. The van der Waals surface area contributed by atoms with E-state index >= 15 is 0 Å². The molecule has 1 heterocycles. The first-order valence-electron chi connectivity index (χ1n) is 20.3. The summed E-state index contributed by atoms with van der Waals surface area (Å²) in [6.07, 6.45) is 3.09. The van der Waals surface area contributed by atoms with Gasteiger partial charge < -0.3 is 34.2 Å². The highest BCUT2D eigenvalue weighted by Gasteiger charge is 2.56. The summed E-state index contributed by atoms with van der Waals surface area (Å²) in [6.45, 7) is 49.6. The molecule has 0 spiro atoms. The van der Waals surface area contributed by atoms with E-state index in [4.69, 9.17) is 34.2 Å². The standard InChI is InChI=1S/C41H74O8Si8/c1-16-50(9,17-2)42-33-27-37-53(12)46-54(13,38-28-34-43-51(10,18-3)19-4)48-56(15,49-55(14,47-53)39-29-35-44-52(11,20-5)21-6)40-30-36-45-57(22-7,23-8)41-31-25-24-26-32-41/h16-26,31-32H,1-8,27-30,33-40H2,9-15H3. The molecular weight excluding hydrogens is 845 g/mol. The molecule has 1 saturated heterocycles. The second kappa shape index (κ2) is 23.0. The summed E-state index contributed by atoms with van der Waals surface area (Å²) in [4.78, 5) is 0. The zero-order valence-electron chi connectivity index (χ0n) is 36.4. The number of hydrogen-bond acceptors (Lipinski definition) is 8. The first-order valence-corrected chi connectivity index (χ1v) is 40.1. The van der Waals surface area contributed by atoms with Crippen molar-refractivity contribution in [3.05, 3.63) is 129 Å². The van der Waals surface area contributed by atoms with E-state index in [1.807, 2.05) is 63.8 Å². The molecule has 0 bridgehead atoms. The Morgan fingerprint density at radius 1 is 0.439 bits per heavy atom. The van der Waals surface area contributed by atoms with Crippen LogP contribution in [0, 0.1) is 0 Å². The average molecular weight is 920 g/mol. The molecule has 16 heteroatoms. The van der Waals surface area contributed by atoms with Crippen LogP contribution in [0.25, 0.3) is 0 Å². The third-order valence-electron chi connectivity index (χ3n) is 10.7. The Bertz CT molecular complexity index is 1430. The van der Waals surface area contributed by atoms with Crippen LogP contribution in [0.4, 0.5) is 0 Å². The summed E-state index contributed by atoms with van der Waals surface area (Å²) in [7, 11) is -20.8. The molecule has 0 aliphatic carbocycles. The molecule has 0 N–H and O–H groups in total. The van der Waals surface area contributed by atoms with E-state index in [9.17, 15) is 0 Å². The SMILES string of the molecule is C=C[Si](C)(C=C)OCCC[Si]1(C)O[Si](C)(CCCO[Si](C)(C=C)C=C)O[Si](C)(CCCO[Si](C=C)(C=C)c2ccccc2)O[Si](C)(CCCO[Si](C)(C=C)C=C)O1. The normalized spacial score (nSPS) is 24.7. The van der Waals surface area contributed by atoms with E-state index in [0.717, 1.165) is 55.0 Å². The maximum Gasteiger partial charge on any atom is 0.317 e. The minimum atomic E-state index is -2.93. The Balaban J connectivity index is 2.46. The first-order chi connectivity index (χ1) is 26.7. The van der Waals surface area contributed by atoms with Gasteiger partial charge in [-0.15, -0.1) is 52.6 Å². The van der Waals surface area contributed by atoms with E-state index in [0.29, 0.717) is 26.4 Å². The third-order valence-corrected chi connectivity index (χ3v) is 40.0. The predicted octanol–water partition coefficient (Wildman–Crippen LogP) is 10.4. The van der Waals surface area contributed by atoms with Crippen LogP contribution < -0.4 is 5.19 Å². The van der Waals surface area contributed by atoms with Crippen molar-refractivity contribution in [1.82, 2.24) is 0 Å². The van der Waals surface area contributed by atoms with Gasteiger partial charge in [0.15, 0.2) is 0 Å². The van der Waals surface area contributed by atoms with Crippen molar-refractivity contribution in [2.75, 3.05) is 26.4 Å². The van der Waals surface area contributed by atoms with Crippen molar-refractivity contribution in [2.24, 2.45) is 0 Å². The molecule has 2 rings (SSSR count). The maximum atomic E-state index is 7.45. The molecule has 0 saturated carbocycles. The van der Waals surface area contributed by atoms with Crippen LogP contribution in [0.3, 0.4) is 0 Å². The van der Waals surface area contributed by atoms with Crippen molar-refractivity contribution in [1.29, 1.82) is 0 Å². The fraction of sp³-hybridized carbons (Fsp3) is 0.463. The molecular formula is C41H74O8Si8. The third kappa shape index (κ3) is 16.2. The van der Waals surface area contributed by atoms with Crippen LogP contribution in [0.5, 0.6) is 0 Å². The van der Waals surface area contributed by atoms with Gasteiger partial charge in [-0.1, -0.05) is 75.9 Å². The lowest BCUT2D eigenvalue weighted by Gasteiger charge is -2.50. The minimum Gasteiger partial charge on any atom is -0.416 e. The zero-order valence-corrected chi connectivity index (χ0v) is 44.4. The molecule has 1 aromatic carbocycles. The summed E-state index contributed by atoms with van der Waals surface area (Å²) < 4.78 is 55.5. The Kier molecular flexibility index (Phi) is 20.8. The Labute approximate surface area is 355 Å². The van der Waals surface area contributed by atoms with Crippen LogP contribution in [0.1, 0.15) is 25.7 Å². The van der Waals surface area contributed by atoms with E-state index < -0.39 is 67.5 Å². The van der Waals surface area contributed by atoms with Crippen molar-refractivity contribution in [3.8, 4) is 0 Å². The maximum absolute atomic E-state index is 7.45. The molecule has 2 atom stereocenters. The van der Waals surface area contributed by atoms with Crippen LogP contribution >= 0.6 is 0 Å². The van der Waals surface area contributed by atoms with E-state index in [-0.39, 0.29) is 0 Å². The van der Waals surface area contributed by atoms with Gasteiger partial charge in [0.05, 0.1) is 0 Å². The summed E-state index contributed by atoms with van der Waals surface area (Å²) in [5.41, 5.74) is 15.4. The summed E-state index contributed by atoms with van der Waals surface area (Å²) in [5, 5.41) is 1.12. The lowest BCUT2D eigenvalue weighted by molar-refractivity contribution is 0.210. The van der Waals surface area contributed by atoms with Gasteiger partial charge in [-0.25, -0.2) is 0 Å². The Morgan fingerprint density at radius 2 is 0.702 bits per heavy atom. The number of hydrogen-bond donors (Lipinski definition) is 0. The van der Waals surface area contributed by atoms with Gasteiger partial charge in [0, 0.05) is 26.4 Å². The summed E-state index contributed by atoms with van der Waals surface area (Å²) in [5.74, 6) is 0. The van der Waals surface area contributed by atoms with Crippen LogP contribution in [0.2, 0.25) is 70.0 Å². The fourth-order valence-corrected chi connectivity index (χ4v) is 35.2. The fourth-order valence-electron chi connectivity index (χ4n) is 6.83. The highest BCUT2D eigenvalue weighted by molar-refractivity contribution is 6.95. The molecule has 8 nitrogen and oxygen atoms in total. The number of benzene rings is 1. The topological polar surface area (TPSA) is 73.8 Å². The highest BCUT2D eigenvalue weighted by Crippen LogP contribution is 2.39.